The Kier molecular flexibility index (Phi) is 8.36. The summed E-state index contributed by atoms with van der Waals surface area (Å²) in [6, 6.07) is 22.2. The highest BCUT2D eigenvalue weighted by Crippen LogP contribution is 2.29. The number of carbonyl (C=O) groups excluding carboxylic acids is 2. The quantitative estimate of drug-likeness (QED) is 0.266. The van der Waals surface area contributed by atoms with Crippen molar-refractivity contribution in [3.8, 4) is 5.75 Å². The largest absolute Gasteiger partial charge is 0.497 e. The summed E-state index contributed by atoms with van der Waals surface area (Å²) in [4.78, 5) is 26.1. The second-order valence-electron chi connectivity index (χ2n) is 6.72. The van der Waals surface area contributed by atoms with Gasteiger partial charge in [0.15, 0.2) is 0 Å². The third kappa shape index (κ3) is 6.73. The van der Waals surface area contributed by atoms with E-state index in [4.69, 9.17) is 4.74 Å². The first-order chi connectivity index (χ1) is 15.0. The fourth-order valence-corrected chi connectivity index (χ4v) is 4.21. The van der Waals surface area contributed by atoms with Gasteiger partial charge in [-0.1, -0.05) is 13.0 Å². The maximum Gasteiger partial charge on any atom is 0.255 e. The summed E-state index contributed by atoms with van der Waals surface area (Å²) in [6.45, 7) is 1.99. The number of benzene rings is 3. The smallest absolute Gasteiger partial charge is 0.255 e. The summed E-state index contributed by atoms with van der Waals surface area (Å²) in [7, 11) is 1.59. The molecule has 1 unspecified atom stereocenters. The molecule has 0 heterocycles. The molecule has 0 aliphatic heterocycles. The lowest BCUT2D eigenvalue weighted by molar-refractivity contribution is -0.115. The summed E-state index contributed by atoms with van der Waals surface area (Å²) in [6.07, 6.45) is 0.684. The van der Waals surface area contributed by atoms with Gasteiger partial charge >= 0.3 is 0 Å². The van der Waals surface area contributed by atoms with Crippen molar-refractivity contribution in [2.45, 2.75) is 23.5 Å². The molecule has 0 fully saturated rings. The van der Waals surface area contributed by atoms with Gasteiger partial charge in [-0.25, -0.2) is 0 Å². The number of thioether (sulfide) groups is 1. The van der Waals surface area contributed by atoms with Crippen molar-refractivity contribution in [3.63, 3.8) is 0 Å². The van der Waals surface area contributed by atoms with Crippen LogP contribution in [0.15, 0.2) is 77.7 Å². The van der Waals surface area contributed by atoms with Gasteiger partial charge in [0.05, 0.1) is 12.4 Å². The molecule has 0 radical (unpaired) electrons. The second kappa shape index (κ2) is 11.2. The summed E-state index contributed by atoms with van der Waals surface area (Å²) in [5.74, 6) is 0.457. The van der Waals surface area contributed by atoms with Crippen LogP contribution in [0.3, 0.4) is 0 Å². The van der Waals surface area contributed by atoms with Crippen LogP contribution in [-0.4, -0.2) is 24.2 Å². The van der Waals surface area contributed by atoms with Crippen molar-refractivity contribution in [1.29, 1.82) is 0 Å². The molecule has 7 heteroatoms. The topological polar surface area (TPSA) is 67.4 Å². The van der Waals surface area contributed by atoms with E-state index in [0.717, 1.165) is 14.2 Å². The fourth-order valence-electron chi connectivity index (χ4n) is 2.84. The number of ether oxygens (including phenoxy) is 1. The lowest BCUT2D eigenvalue weighted by atomic mass is 10.2. The average molecular weight is 546 g/mol. The standard InChI is InChI=1S/C24H23IN2O3S/c1-3-22(24(29)26-18-11-9-17(25)10-12-18)31-21-6-4-5-19(15-21)27-23(28)16-7-13-20(30-2)14-8-16/h4-15,22H,3H2,1-2H3,(H,26,29)(H,27,28). The van der Waals surface area contributed by atoms with Crippen molar-refractivity contribution in [3.05, 3.63) is 81.9 Å². The van der Waals surface area contributed by atoms with Crippen LogP contribution in [0.5, 0.6) is 5.75 Å². The first-order valence-electron chi connectivity index (χ1n) is 9.77. The summed E-state index contributed by atoms with van der Waals surface area (Å²) in [5, 5.41) is 5.64. The van der Waals surface area contributed by atoms with E-state index in [2.05, 4.69) is 33.2 Å². The van der Waals surface area contributed by atoms with Gasteiger partial charge in [0.2, 0.25) is 5.91 Å². The molecule has 5 nitrogen and oxygen atoms in total. The van der Waals surface area contributed by atoms with Crippen LogP contribution < -0.4 is 15.4 Å². The minimum Gasteiger partial charge on any atom is -0.497 e. The lowest BCUT2D eigenvalue weighted by Crippen LogP contribution is -2.24. The molecule has 3 aromatic carbocycles. The Balaban J connectivity index is 1.64. The second-order valence-corrected chi connectivity index (χ2v) is 9.24. The Morgan fingerprint density at radius 2 is 1.68 bits per heavy atom. The van der Waals surface area contributed by atoms with Gasteiger partial charge in [0, 0.05) is 25.4 Å². The van der Waals surface area contributed by atoms with Crippen LogP contribution in [0.25, 0.3) is 0 Å². The van der Waals surface area contributed by atoms with Gasteiger partial charge < -0.3 is 15.4 Å². The molecule has 0 saturated heterocycles. The number of halogens is 1. The third-order valence-electron chi connectivity index (χ3n) is 4.50. The predicted molar refractivity (Wildman–Crippen MR) is 135 cm³/mol. The first kappa shape index (κ1) is 23.1. The lowest BCUT2D eigenvalue weighted by Gasteiger charge is -2.15. The van der Waals surface area contributed by atoms with Crippen molar-refractivity contribution in [1.82, 2.24) is 0 Å². The molecule has 2 N–H and O–H groups in total. The van der Waals surface area contributed by atoms with Gasteiger partial charge in [-0.15, -0.1) is 11.8 Å². The van der Waals surface area contributed by atoms with Crippen LogP contribution >= 0.6 is 34.4 Å². The minimum absolute atomic E-state index is 0.0404. The van der Waals surface area contributed by atoms with Crippen LogP contribution in [0, 0.1) is 3.57 Å². The molecule has 31 heavy (non-hydrogen) atoms. The van der Waals surface area contributed by atoms with Gasteiger partial charge in [0.25, 0.3) is 5.91 Å². The van der Waals surface area contributed by atoms with Crippen LogP contribution in [0.2, 0.25) is 0 Å². The van der Waals surface area contributed by atoms with Crippen molar-refractivity contribution >= 4 is 57.5 Å². The molecular weight excluding hydrogens is 523 g/mol. The SMILES string of the molecule is CCC(Sc1cccc(NC(=O)c2ccc(OC)cc2)c1)C(=O)Nc1ccc(I)cc1. The number of hydrogen-bond acceptors (Lipinski definition) is 4. The van der Waals surface area contributed by atoms with E-state index in [9.17, 15) is 9.59 Å². The van der Waals surface area contributed by atoms with Gasteiger partial charge in [0.1, 0.15) is 5.75 Å². The highest BCUT2D eigenvalue weighted by Gasteiger charge is 2.18. The maximum atomic E-state index is 12.7. The molecule has 0 saturated carbocycles. The Morgan fingerprint density at radius 3 is 2.32 bits per heavy atom. The van der Waals surface area contributed by atoms with Crippen molar-refractivity contribution < 1.29 is 14.3 Å². The van der Waals surface area contributed by atoms with E-state index in [1.807, 2.05) is 55.5 Å². The summed E-state index contributed by atoms with van der Waals surface area (Å²) < 4.78 is 6.24. The highest BCUT2D eigenvalue weighted by atomic mass is 127. The van der Waals surface area contributed by atoms with Crippen molar-refractivity contribution in [2.24, 2.45) is 0 Å². The monoisotopic (exact) mass is 546 g/mol. The zero-order chi connectivity index (χ0) is 22.2. The molecule has 160 valence electrons. The van der Waals surface area contributed by atoms with E-state index in [1.54, 1.807) is 31.4 Å². The van der Waals surface area contributed by atoms with E-state index in [0.29, 0.717) is 23.4 Å². The molecule has 0 aromatic heterocycles. The number of amides is 2. The Bertz CT molecular complexity index is 1040. The van der Waals surface area contributed by atoms with Crippen LogP contribution in [0.1, 0.15) is 23.7 Å². The highest BCUT2D eigenvalue weighted by molar-refractivity contribution is 14.1. The number of nitrogens with one attached hydrogen (secondary N) is 2. The minimum atomic E-state index is -0.244. The van der Waals surface area contributed by atoms with Crippen molar-refractivity contribution in [2.75, 3.05) is 17.7 Å². The Hall–Kier alpha value is -2.52. The van der Waals surface area contributed by atoms with Crippen LogP contribution in [0.4, 0.5) is 11.4 Å². The number of anilines is 2. The molecule has 3 rings (SSSR count). The number of carbonyl (C=O) groups is 2. The summed E-state index contributed by atoms with van der Waals surface area (Å²) >= 11 is 3.71. The molecule has 0 bridgehead atoms. The van der Waals surface area contributed by atoms with Gasteiger partial charge in [-0.3, -0.25) is 9.59 Å². The van der Waals surface area contributed by atoms with E-state index in [1.165, 1.54) is 11.8 Å². The summed E-state index contributed by atoms with van der Waals surface area (Å²) in [5.41, 5.74) is 2.01. The third-order valence-corrected chi connectivity index (χ3v) is 6.57. The number of hydrogen-bond donors (Lipinski definition) is 2. The Morgan fingerprint density at radius 1 is 0.968 bits per heavy atom. The molecule has 0 aliphatic rings. The molecule has 0 aliphatic carbocycles. The normalized spacial score (nSPS) is 11.5. The molecule has 2 amide bonds. The van der Waals surface area contributed by atoms with E-state index >= 15 is 0 Å². The van der Waals surface area contributed by atoms with Gasteiger partial charge in [-0.2, -0.15) is 0 Å². The number of rotatable bonds is 8. The Labute approximate surface area is 200 Å². The zero-order valence-electron chi connectivity index (χ0n) is 17.2. The molecular formula is C24H23IN2O3S. The molecule has 1 atom stereocenters. The van der Waals surface area contributed by atoms with Gasteiger partial charge in [-0.05, 0) is 95.7 Å². The first-order valence-corrected chi connectivity index (χ1v) is 11.7. The number of methoxy groups -OCH3 is 1. The molecule has 0 spiro atoms. The molecule has 3 aromatic rings. The zero-order valence-corrected chi connectivity index (χ0v) is 20.2. The maximum absolute atomic E-state index is 12.7. The van der Waals surface area contributed by atoms with E-state index < -0.39 is 0 Å². The average Bonchev–Trinajstić information content (AvgIpc) is 2.79. The fraction of sp³-hybridized carbons (Fsp3) is 0.167. The predicted octanol–water partition coefficient (Wildman–Crippen LogP) is 6.06. The van der Waals surface area contributed by atoms with E-state index in [-0.39, 0.29) is 17.1 Å². The van der Waals surface area contributed by atoms with Crippen LogP contribution in [-0.2, 0) is 4.79 Å².